The third-order valence-electron chi connectivity index (χ3n) is 2.79. The average Bonchev–Trinajstić information content (AvgIpc) is 2.46. The molecular formula is C17H23N3O3. The Morgan fingerprint density at radius 3 is 2.48 bits per heavy atom. The van der Waals surface area contributed by atoms with Crippen molar-refractivity contribution in [3.05, 3.63) is 35.9 Å². The predicted molar refractivity (Wildman–Crippen MR) is 88.0 cm³/mol. The van der Waals surface area contributed by atoms with Crippen molar-refractivity contribution in [2.45, 2.75) is 38.8 Å². The highest BCUT2D eigenvalue weighted by atomic mass is 16.6. The van der Waals surface area contributed by atoms with E-state index < -0.39 is 23.6 Å². The standard InChI is InChI=1S/C17H23N3O3/c1-5-11-20(18)16(22)19-14(15(21)23-17(2,3)4)12-13-9-7-6-8-10-13/h1,6-10,14H,11-12,18H2,2-4H3,(H,19,22)/t14-/m1/s1. The third-order valence-corrected chi connectivity index (χ3v) is 2.79. The summed E-state index contributed by atoms with van der Waals surface area (Å²) in [6.45, 7) is 5.23. The van der Waals surface area contributed by atoms with E-state index in [4.69, 9.17) is 17.0 Å². The van der Waals surface area contributed by atoms with Crippen molar-refractivity contribution in [1.29, 1.82) is 0 Å². The van der Waals surface area contributed by atoms with Crippen molar-refractivity contribution in [2.24, 2.45) is 5.84 Å². The Balaban J connectivity index is 2.86. The molecule has 0 radical (unpaired) electrons. The van der Waals surface area contributed by atoms with Gasteiger partial charge in [-0.2, -0.15) is 0 Å². The first-order valence-electron chi connectivity index (χ1n) is 7.26. The fourth-order valence-corrected chi connectivity index (χ4v) is 1.82. The number of hydrazine groups is 1. The maximum Gasteiger partial charge on any atom is 0.333 e. The van der Waals surface area contributed by atoms with Gasteiger partial charge in [0.1, 0.15) is 11.6 Å². The smallest absolute Gasteiger partial charge is 0.333 e. The fourth-order valence-electron chi connectivity index (χ4n) is 1.82. The number of ether oxygens (including phenoxy) is 1. The number of esters is 1. The first kappa shape index (κ1) is 18.5. The van der Waals surface area contributed by atoms with Crippen LogP contribution in [-0.2, 0) is 16.0 Å². The second kappa shape index (κ2) is 8.20. The minimum absolute atomic E-state index is 0.0573. The highest BCUT2D eigenvalue weighted by molar-refractivity contribution is 5.84. The number of carbonyl (C=O) groups is 2. The van der Waals surface area contributed by atoms with Crippen LogP contribution in [0.4, 0.5) is 4.79 Å². The van der Waals surface area contributed by atoms with Crippen LogP contribution >= 0.6 is 0 Å². The molecule has 6 heteroatoms. The largest absolute Gasteiger partial charge is 0.458 e. The molecule has 0 aliphatic carbocycles. The summed E-state index contributed by atoms with van der Waals surface area (Å²) in [4.78, 5) is 24.3. The second-order valence-corrected chi connectivity index (χ2v) is 6.06. The maximum atomic E-state index is 12.3. The molecule has 23 heavy (non-hydrogen) atoms. The number of carbonyl (C=O) groups excluding carboxylic acids is 2. The molecule has 0 aliphatic heterocycles. The Kier molecular flexibility index (Phi) is 6.61. The van der Waals surface area contributed by atoms with Crippen LogP contribution in [-0.4, -0.2) is 35.2 Å². The topological polar surface area (TPSA) is 84.7 Å². The molecule has 1 rings (SSSR count). The van der Waals surface area contributed by atoms with E-state index in [1.807, 2.05) is 30.3 Å². The molecule has 3 N–H and O–H groups in total. The number of hydrogen-bond acceptors (Lipinski definition) is 4. The Morgan fingerprint density at radius 1 is 1.35 bits per heavy atom. The van der Waals surface area contributed by atoms with Crippen molar-refractivity contribution >= 4 is 12.0 Å². The van der Waals surface area contributed by atoms with Crippen molar-refractivity contribution < 1.29 is 14.3 Å². The molecule has 2 amide bonds. The van der Waals surface area contributed by atoms with Crippen LogP contribution in [0.3, 0.4) is 0 Å². The van der Waals surface area contributed by atoms with Crippen LogP contribution in [0.25, 0.3) is 0 Å². The number of rotatable bonds is 5. The number of nitrogens with one attached hydrogen (secondary N) is 1. The minimum atomic E-state index is -0.854. The van der Waals surface area contributed by atoms with E-state index in [0.717, 1.165) is 10.6 Å². The molecule has 0 unspecified atom stereocenters. The van der Waals surface area contributed by atoms with Crippen LogP contribution < -0.4 is 11.2 Å². The molecule has 0 saturated heterocycles. The number of nitrogens with zero attached hydrogens (tertiary/aromatic N) is 1. The molecule has 0 fully saturated rings. The van der Waals surface area contributed by atoms with E-state index in [2.05, 4.69) is 11.2 Å². The summed E-state index contributed by atoms with van der Waals surface area (Å²) in [7, 11) is 0. The quantitative estimate of drug-likeness (QED) is 0.283. The summed E-state index contributed by atoms with van der Waals surface area (Å²) in [6, 6.07) is 7.84. The van der Waals surface area contributed by atoms with Crippen LogP contribution in [0.15, 0.2) is 30.3 Å². The van der Waals surface area contributed by atoms with Gasteiger partial charge < -0.3 is 10.1 Å². The predicted octanol–water partition coefficient (Wildman–Crippen LogP) is 1.46. The van der Waals surface area contributed by atoms with Gasteiger partial charge in [-0.05, 0) is 26.3 Å². The van der Waals surface area contributed by atoms with Gasteiger partial charge >= 0.3 is 12.0 Å². The lowest BCUT2D eigenvalue weighted by atomic mass is 10.1. The van der Waals surface area contributed by atoms with E-state index in [1.165, 1.54) is 0 Å². The van der Waals surface area contributed by atoms with Crippen molar-refractivity contribution in [1.82, 2.24) is 10.3 Å². The van der Waals surface area contributed by atoms with Gasteiger partial charge in [0.2, 0.25) is 0 Å². The van der Waals surface area contributed by atoms with Gasteiger partial charge in [0, 0.05) is 6.42 Å². The van der Waals surface area contributed by atoms with Gasteiger partial charge in [-0.25, -0.2) is 15.4 Å². The van der Waals surface area contributed by atoms with Crippen LogP contribution in [0.2, 0.25) is 0 Å². The average molecular weight is 317 g/mol. The van der Waals surface area contributed by atoms with Crippen LogP contribution in [0.5, 0.6) is 0 Å². The van der Waals surface area contributed by atoms with Gasteiger partial charge in [0.15, 0.2) is 0 Å². The maximum absolute atomic E-state index is 12.3. The minimum Gasteiger partial charge on any atom is -0.458 e. The summed E-state index contributed by atoms with van der Waals surface area (Å²) >= 11 is 0. The Bertz CT molecular complexity index is 573. The van der Waals surface area contributed by atoms with Crippen LogP contribution in [0, 0.1) is 12.3 Å². The zero-order valence-electron chi connectivity index (χ0n) is 13.7. The molecular weight excluding hydrogens is 294 g/mol. The zero-order valence-corrected chi connectivity index (χ0v) is 13.7. The number of nitrogens with two attached hydrogens (primary N) is 1. The highest BCUT2D eigenvalue weighted by Crippen LogP contribution is 2.11. The van der Waals surface area contributed by atoms with E-state index in [1.54, 1.807) is 20.8 Å². The molecule has 0 saturated carbocycles. The first-order chi connectivity index (χ1) is 10.7. The van der Waals surface area contributed by atoms with Gasteiger partial charge in [0.25, 0.3) is 0 Å². The first-order valence-corrected chi connectivity index (χ1v) is 7.26. The molecule has 1 aromatic carbocycles. The molecule has 0 aliphatic rings. The number of amides is 2. The summed E-state index contributed by atoms with van der Waals surface area (Å²) < 4.78 is 5.36. The van der Waals surface area contributed by atoms with Crippen molar-refractivity contribution in [3.63, 3.8) is 0 Å². The molecule has 0 aromatic heterocycles. The summed E-state index contributed by atoms with van der Waals surface area (Å²) in [5.74, 6) is 7.26. The third kappa shape index (κ3) is 6.85. The normalized spacial score (nSPS) is 12.0. The van der Waals surface area contributed by atoms with Gasteiger partial charge in [0.05, 0.1) is 6.54 Å². The number of terminal acetylenes is 1. The number of benzene rings is 1. The molecule has 0 heterocycles. The van der Waals surface area contributed by atoms with Gasteiger partial charge in [-0.15, -0.1) is 6.42 Å². The molecule has 6 nitrogen and oxygen atoms in total. The van der Waals surface area contributed by atoms with Gasteiger partial charge in [-0.1, -0.05) is 36.3 Å². The van der Waals surface area contributed by atoms with Crippen molar-refractivity contribution in [2.75, 3.05) is 6.54 Å². The van der Waals surface area contributed by atoms with Crippen LogP contribution in [0.1, 0.15) is 26.3 Å². The Morgan fingerprint density at radius 2 is 1.96 bits per heavy atom. The molecule has 1 aromatic rings. The lowest BCUT2D eigenvalue weighted by Gasteiger charge is -2.26. The summed E-state index contributed by atoms with van der Waals surface area (Å²) in [6.07, 6.45) is 5.42. The van der Waals surface area contributed by atoms with E-state index in [9.17, 15) is 9.59 Å². The number of urea groups is 1. The molecule has 0 bridgehead atoms. The van der Waals surface area contributed by atoms with E-state index in [0.29, 0.717) is 6.42 Å². The molecule has 1 atom stereocenters. The molecule has 0 spiro atoms. The molecule has 124 valence electrons. The fraction of sp³-hybridized carbons (Fsp3) is 0.412. The lowest BCUT2D eigenvalue weighted by molar-refractivity contribution is -0.157. The lowest BCUT2D eigenvalue weighted by Crippen LogP contribution is -2.52. The Hall–Kier alpha value is -2.52. The Labute approximate surface area is 137 Å². The van der Waals surface area contributed by atoms with E-state index in [-0.39, 0.29) is 6.54 Å². The summed E-state index contributed by atoms with van der Waals surface area (Å²) in [5, 5.41) is 3.40. The van der Waals surface area contributed by atoms with Gasteiger partial charge in [-0.3, -0.25) is 5.01 Å². The zero-order chi connectivity index (χ0) is 17.5. The summed E-state index contributed by atoms with van der Waals surface area (Å²) in [5.41, 5.74) is 0.238. The number of hydrogen-bond donors (Lipinski definition) is 2. The SMILES string of the molecule is C#CCN(N)C(=O)N[C@H](Cc1ccccc1)C(=O)OC(C)(C)C. The monoisotopic (exact) mass is 317 g/mol. The van der Waals surface area contributed by atoms with Crippen molar-refractivity contribution in [3.8, 4) is 12.3 Å². The highest BCUT2D eigenvalue weighted by Gasteiger charge is 2.27. The second-order valence-electron chi connectivity index (χ2n) is 6.06. The van der Waals surface area contributed by atoms with E-state index >= 15 is 0 Å².